The molecule has 190 valence electrons. The number of nitrogens with zero attached hydrogens (tertiary/aromatic N) is 4. The largest absolute Gasteiger partial charge is 0.507 e. The van der Waals surface area contributed by atoms with E-state index in [9.17, 15) is 14.3 Å². The molecule has 1 unspecified atom stereocenters. The molecule has 1 aliphatic heterocycles. The zero-order valence-corrected chi connectivity index (χ0v) is 21.1. The maximum absolute atomic E-state index is 14.4. The third-order valence-corrected chi connectivity index (χ3v) is 7.11. The molecule has 0 aliphatic carbocycles. The molecule has 5 rings (SSSR count). The van der Waals surface area contributed by atoms with Gasteiger partial charge in [-0.3, -0.25) is 14.7 Å². The number of aromatic nitrogens is 2. The molecule has 37 heavy (non-hydrogen) atoms. The van der Waals surface area contributed by atoms with Gasteiger partial charge in [-0.05, 0) is 49.7 Å². The molecule has 3 heterocycles. The summed E-state index contributed by atoms with van der Waals surface area (Å²) in [7, 11) is 0. The van der Waals surface area contributed by atoms with Gasteiger partial charge in [0.05, 0.1) is 29.5 Å². The summed E-state index contributed by atoms with van der Waals surface area (Å²) in [6.45, 7) is 6.60. The summed E-state index contributed by atoms with van der Waals surface area (Å²) < 4.78 is 16.1. The Morgan fingerprint density at radius 3 is 2.32 bits per heavy atom. The fourth-order valence-electron chi connectivity index (χ4n) is 5.11. The fourth-order valence-corrected chi connectivity index (χ4v) is 5.11. The van der Waals surface area contributed by atoms with Crippen LogP contribution >= 0.6 is 0 Å². The first-order valence-electron chi connectivity index (χ1n) is 12.6. The molecule has 2 aromatic heterocycles. The van der Waals surface area contributed by atoms with Crippen LogP contribution in [-0.2, 0) is 6.54 Å². The Labute approximate surface area is 216 Å². The van der Waals surface area contributed by atoms with Crippen LogP contribution < -0.4 is 10.5 Å². The maximum Gasteiger partial charge on any atom is 0.260 e. The minimum atomic E-state index is -0.438. The molecule has 1 atom stereocenters. The molecule has 1 aliphatic rings. The molecule has 0 spiro atoms. The number of rotatable bonds is 6. The number of aromatic hydroxyl groups is 1. The number of hydrogen-bond acceptors (Lipinski definition) is 5. The van der Waals surface area contributed by atoms with E-state index in [1.807, 2.05) is 67.3 Å². The Morgan fingerprint density at radius 2 is 1.65 bits per heavy atom. The lowest BCUT2D eigenvalue weighted by Crippen LogP contribution is -2.49. The van der Waals surface area contributed by atoms with E-state index >= 15 is 0 Å². The second-order valence-corrected chi connectivity index (χ2v) is 9.58. The average Bonchev–Trinajstić information content (AvgIpc) is 2.91. The molecule has 6 nitrogen and oxygen atoms in total. The zero-order valence-electron chi connectivity index (χ0n) is 21.1. The Kier molecular flexibility index (Phi) is 7.06. The van der Waals surface area contributed by atoms with Crippen LogP contribution in [0, 0.1) is 19.7 Å². The van der Waals surface area contributed by atoms with Gasteiger partial charge in [-0.15, -0.1) is 0 Å². The molecule has 0 radical (unpaired) electrons. The predicted molar refractivity (Wildman–Crippen MR) is 144 cm³/mol. The van der Waals surface area contributed by atoms with Crippen LogP contribution in [0.5, 0.6) is 5.75 Å². The molecule has 1 fully saturated rings. The van der Waals surface area contributed by atoms with Crippen LogP contribution in [0.2, 0.25) is 0 Å². The van der Waals surface area contributed by atoms with Gasteiger partial charge in [0.1, 0.15) is 11.6 Å². The van der Waals surface area contributed by atoms with Gasteiger partial charge in [-0.25, -0.2) is 4.39 Å². The highest BCUT2D eigenvalue weighted by atomic mass is 19.1. The van der Waals surface area contributed by atoms with Crippen molar-refractivity contribution >= 4 is 5.69 Å². The van der Waals surface area contributed by atoms with Gasteiger partial charge in [0.15, 0.2) is 0 Å². The van der Waals surface area contributed by atoms with Crippen molar-refractivity contribution in [3.05, 3.63) is 123 Å². The van der Waals surface area contributed by atoms with Crippen molar-refractivity contribution in [3.63, 3.8) is 0 Å². The summed E-state index contributed by atoms with van der Waals surface area (Å²) in [4.78, 5) is 22.6. The van der Waals surface area contributed by atoms with Crippen molar-refractivity contribution in [3.8, 4) is 5.75 Å². The number of para-hydroxylation sites is 1. The molecule has 1 saturated heterocycles. The number of anilines is 1. The highest BCUT2D eigenvalue weighted by molar-refractivity contribution is 5.48. The second kappa shape index (κ2) is 10.6. The summed E-state index contributed by atoms with van der Waals surface area (Å²) >= 11 is 0. The molecule has 0 saturated carbocycles. The number of piperazine rings is 1. The van der Waals surface area contributed by atoms with Crippen molar-refractivity contribution in [2.24, 2.45) is 0 Å². The molecule has 4 aromatic rings. The lowest BCUT2D eigenvalue weighted by atomic mass is 9.95. The van der Waals surface area contributed by atoms with E-state index in [-0.39, 0.29) is 17.1 Å². The van der Waals surface area contributed by atoms with Gasteiger partial charge in [0, 0.05) is 38.1 Å². The van der Waals surface area contributed by atoms with Crippen molar-refractivity contribution in [1.29, 1.82) is 0 Å². The van der Waals surface area contributed by atoms with Crippen molar-refractivity contribution < 1.29 is 9.50 Å². The summed E-state index contributed by atoms with van der Waals surface area (Å²) in [6.07, 6.45) is 1.71. The van der Waals surface area contributed by atoms with E-state index in [0.29, 0.717) is 49.7 Å². The SMILES string of the molecule is Cc1ccc(C(c2c(O)cc(C)n(Cc3ccccn3)c2=O)N2CCN(c3ccccc3F)CC2)cc1. The van der Waals surface area contributed by atoms with E-state index in [1.54, 1.807) is 29.0 Å². The van der Waals surface area contributed by atoms with E-state index in [4.69, 9.17) is 0 Å². The minimum Gasteiger partial charge on any atom is -0.507 e. The van der Waals surface area contributed by atoms with Crippen molar-refractivity contribution in [2.75, 3.05) is 31.1 Å². The highest BCUT2D eigenvalue weighted by Gasteiger charge is 2.32. The highest BCUT2D eigenvalue weighted by Crippen LogP contribution is 2.34. The molecule has 0 bridgehead atoms. The topological polar surface area (TPSA) is 61.6 Å². The van der Waals surface area contributed by atoms with Crippen LogP contribution in [-0.4, -0.2) is 45.7 Å². The Bertz CT molecular complexity index is 1430. The molecule has 2 aromatic carbocycles. The molecular weight excluding hydrogens is 467 g/mol. The fraction of sp³-hybridized carbons (Fsp3) is 0.267. The van der Waals surface area contributed by atoms with E-state index < -0.39 is 6.04 Å². The van der Waals surface area contributed by atoms with Crippen LogP contribution in [0.15, 0.2) is 83.8 Å². The first-order valence-corrected chi connectivity index (χ1v) is 12.6. The van der Waals surface area contributed by atoms with Gasteiger partial charge in [-0.1, -0.05) is 48.0 Å². The van der Waals surface area contributed by atoms with E-state index in [0.717, 1.165) is 16.8 Å². The molecule has 7 heteroatoms. The Morgan fingerprint density at radius 1 is 0.946 bits per heavy atom. The normalized spacial score (nSPS) is 15.1. The van der Waals surface area contributed by atoms with Gasteiger partial charge in [0.25, 0.3) is 5.56 Å². The zero-order chi connectivity index (χ0) is 25.9. The van der Waals surface area contributed by atoms with Gasteiger partial charge in [0.2, 0.25) is 0 Å². The molecular formula is C30H31FN4O2. The third kappa shape index (κ3) is 5.13. The summed E-state index contributed by atoms with van der Waals surface area (Å²) in [5.74, 6) is -0.249. The number of halogens is 1. The van der Waals surface area contributed by atoms with Crippen LogP contribution in [0.3, 0.4) is 0 Å². The van der Waals surface area contributed by atoms with E-state index in [1.165, 1.54) is 6.07 Å². The lowest BCUT2D eigenvalue weighted by Gasteiger charge is -2.40. The first-order chi connectivity index (χ1) is 17.9. The minimum absolute atomic E-state index is 0.0121. The van der Waals surface area contributed by atoms with Gasteiger partial charge >= 0.3 is 0 Å². The monoisotopic (exact) mass is 498 g/mol. The maximum atomic E-state index is 14.4. The van der Waals surface area contributed by atoms with E-state index in [2.05, 4.69) is 9.88 Å². The van der Waals surface area contributed by atoms with Crippen LogP contribution in [0.4, 0.5) is 10.1 Å². The Balaban J connectivity index is 1.53. The van der Waals surface area contributed by atoms with Crippen molar-refractivity contribution in [1.82, 2.24) is 14.5 Å². The molecule has 0 amide bonds. The molecule has 1 N–H and O–H groups in total. The summed E-state index contributed by atoms with van der Waals surface area (Å²) in [5, 5.41) is 11.1. The smallest absolute Gasteiger partial charge is 0.260 e. The number of aryl methyl sites for hydroxylation is 2. The Hall–Kier alpha value is -3.97. The summed E-state index contributed by atoms with van der Waals surface area (Å²) in [5.41, 5.74) is 4.21. The van der Waals surface area contributed by atoms with Crippen LogP contribution in [0.25, 0.3) is 0 Å². The second-order valence-electron chi connectivity index (χ2n) is 9.58. The number of pyridine rings is 2. The first kappa shape index (κ1) is 24.7. The standard InChI is InChI=1S/C30H31FN4O2/c1-21-10-12-23(13-11-21)29(34-17-15-33(16-18-34)26-9-4-3-8-25(26)31)28-27(36)19-22(2)35(30(28)37)20-24-7-5-6-14-32-24/h3-14,19,29,36H,15-18,20H2,1-2H3. The average molecular weight is 499 g/mol. The summed E-state index contributed by atoms with van der Waals surface area (Å²) in [6, 6.07) is 21.7. The van der Waals surface area contributed by atoms with Crippen LogP contribution in [0.1, 0.15) is 34.1 Å². The third-order valence-electron chi connectivity index (χ3n) is 7.11. The van der Waals surface area contributed by atoms with Gasteiger partial charge < -0.3 is 14.6 Å². The lowest BCUT2D eigenvalue weighted by molar-refractivity contribution is 0.207. The number of hydrogen-bond donors (Lipinski definition) is 1. The number of benzene rings is 2. The van der Waals surface area contributed by atoms with Crippen molar-refractivity contribution in [2.45, 2.75) is 26.4 Å². The predicted octanol–water partition coefficient (Wildman–Crippen LogP) is 4.66. The van der Waals surface area contributed by atoms with Gasteiger partial charge in [-0.2, -0.15) is 0 Å². The quantitative estimate of drug-likeness (QED) is 0.419.